The monoisotopic (exact) mass is 421 g/mol. The van der Waals surface area contributed by atoms with Crippen molar-refractivity contribution in [2.75, 3.05) is 13.2 Å². The molecule has 1 rings (SSSR count). The Kier molecular flexibility index (Phi) is 10.6. The number of hydrogen-bond acceptors (Lipinski definition) is 5. The van der Waals surface area contributed by atoms with Crippen LogP contribution in [-0.4, -0.2) is 38.8 Å². The summed E-state index contributed by atoms with van der Waals surface area (Å²) in [6.07, 6.45) is 5.77. The van der Waals surface area contributed by atoms with Crippen molar-refractivity contribution in [1.82, 2.24) is 0 Å². The van der Waals surface area contributed by atoms with E-state index in [0.717, 1.165) is 12.5 Å². The Labute approximate surface area is 177 Å². The van der Waals surface area contributed by atoms with Crippen molar-refractivity contribution in [3.05, 3.63) is 29.8 Å². The molecule has 1 aromatic rings. The van der Waals surface area contributed by atoms with Crippen molar-refractivity contribution in [3.63, 3.8) is 0 Å². The van der Waals surface area contributed by atoms with Crippen LogP contribution < -0.4 is 10.9 Å². The van der Waals surface area contributed by atoms with Gasteiger partial charge in [0.05, 0.1) is 21.3 Å². The van der Waals surface area contributed by atoms with Crippen molar-refractivity contribution in [2.45, 2.75) is 84.0 Å². The molecule has 0 aromatic heterocycles. The number of hydrogen-bond donors (Lipinski definition) is 1. The average molecular weight is 422 g/mol. The van der Waals surface area contributed by atoms with Crippen LogP contribution in [0.2, 0.25) is 19.1 Å². The molecule has 164 valence electrons. The minimum absolute atomic E-state index is 0.183. The van der Waals surface area contributed by atoms with Crippen LogP contribution in [-0.2, 0) is 25.5 Å². The Hall–Kier alpha value is -1.66. The van der Waals surface area contributed by atoms with E-state index in [1.165, 1.54) is 30.0 Å². The zero-order valence-electron chi connectivity index (χ0n) is 18.9. The van der Waals surface area contributed by atoms with Gasteiger partial charge in [-0.2, -0.15) is 0 Å². The first-order valence-electron chi connectivity index (χ1n) is 10.9. The molecule has 0 saturated carbocycles. The first-order chi connectivity index (χ1) is 13.7. The third-order valence-corrected chi connectivity index (χ3v) is 8.96. The second-order valence-corrected chi connectivity index (χ2v) is 13.1. The summed E-state index contributed by atoms with van der Waals surface area (Å²) in [5.41, 5.74) is 5.83. The molecule has 5 nitrogen and oxygen atoms in total. The first kappa shape index (κ1) is 25.4. The average Bonchev–Trinajstić information content (AvgIpc) is 2.68. The Bertz CT molecular complexity index is 625. The largest absolute Gasteiger partial charge is 0.464 e. The van der Waals surface area contributed by atoms with Gasteiger partial charge in [-0.25, -0.2) is 9.59 Å². The summed E-state index contributed by atoms with van der Waals surface area (Å²) in [6.45, 7) is 10.6. The summed E-state index contributed by atoms with van der Waals surface area (Å²) in [6, 6.07) is 9.91. The summed E-state index contributed by atoms with van der Waals surface area (Å²) >= 11 is 0. The fourth-order valence-electron chi connectivity index (χ4n) is 3.46. The molecule has 29 heavy (non-hydrogen) atoms. The maximum absolute atomic E-state index is 12.3. The molecule has 0 spiro atoms. The highest BCUT2D eigenvalue weighted by Crippen LogP contribution is 2.21. The molecule has 0 atom stereocenters. The topological polar surface area (TPSA) is 78.6 Å². The van der Waals surface area contributed by atoms with Gasteiger partial charge in [0.25, 0.3) is 0 Å². The predicted octanol–water partition coefficient (Wildman–Crippen LogP) is 3.94. The highest BCUT2D eigenvalue weighted by atomic mass is 28.3. The van der Waals surface area contributed by atoms with Gasteiger partial charge in [0.2, 0.25) is 5.54 Å². The summed E-state index contributed by atoms with van der Waals surface area (Å²) < 4.78 is 10.1. The highest BCUT2D eigenvalue weighted by molar-refractivity contribution is 6.89. The summed E-state index contributed by atoms with van der Waals surface area (Å²) in [4.78, 5) is 24.6. The van der Waals surface area contributed by atoms with E-state index >= 15 is 0 Å². The van der Waals surface area contributed by atoms with Crippen LogP contribution in [0.3, 0.4) is 0 Å². The standard InChI is InChI=1S/C23H39NO4Si/c1-6-9-10-12-19-13-15-20(16-14-19)29(4,5)18-11-17-23(24,21(25)27-7-2)22(26)28-8-3/h13-16H,6-12,17-18,24H2,1-5H3. The molecule has 0 saturated heterocycles. The van der Waals surface area contributed by atoms with Gasteiger partial charge >= 0.3 is 11.9 Å². The number of unbranched alkanes of at least 4 members (excludes halogenated alkanes) is 2. The molecule has 0 fully saturated rings. The first-order valence-corrected chi connectivity index (χ1v) is 14.1. The molecule has 0 amide bonds. The summed E-state index contributed by atoms with van der Waals surface area (Å²) in [5.74, 6) is -1.40. The molecule has 0 bridgehead atoms. The van der Waals surface area contributed by atoms with Gasteiger partial charge in [0, 0.05) is 0 Å². The fourth-order valence-corrected chi connectivity index (χ4v) is 5.88. The van der Waals surface area contributed by atoms with Gasteiger partial charge < -0.3 is 15.2 Å². The molecule has 6 heteroatoms. The second-order valence-electron chi connectivity index (χ2n) is 8.30. The minimum Gasteiger partial charge on any atom is -0.464 e. The van der Waals surface area contributed by atoms with Crippen molar-refractivity contribution in [3.8, 4) is 0 Å². The van der Waals surface area contributed by atoms with Crippen LogP contribution in [0.15, 0.2) is 24.3 Å². The van der Waals surface area contributed by atoms with Crippen molar-refractivity contribution < 1.29 is 19.1 Å². The Balaban J connectivity index is 2.74. The molecular weight excluding hydrogens is 382 g/mol. The van der Waals surface area contributed by atoms with Gasteiger partial charge in [-0.15, -0.1) is 0 Å². The van der Waals surface area contributed by atoms with Crippen LogP contribution >= 0.6 is 0 Å². The minimum atomic E-state index is -1.72. The number of nitrogens with two attached hydrogens (primary N) is 1. The number of carbonyl (C=O) groups is 2. The van der Waals surface area contributed by atoms with Crippen LogP contribution in [0.4, 0.5) is 0 Å². The number of aryl methyl sites for hydroxylation is 1. The molecule has 1 aromatic carbocycles. The van der Waals surface area contributed by atoms with Gasteiger partial charge in [0.1, 0.15) is 0 Å². The summed E-state index contributed by atoms with van der Waals surface area (Å²) in [7, 11) is -1.71. The highest BCUT2D eigenvalue weighted by Gasteiger charge is 2.45. The third kappa shape index (κ3) is 7.59. The quantitative estimate of drug-likeness (QED) is 0.226. The molecular formula is C23H39NO4Si. The molecule has 0 aliphatic heterocycles. The molecule has 2 N–H and O–H groups in total. The van der Waals surface area contributed by atoms with Gasteiger partial charge in [0.15, 0.2) is 0 Å². The molecule has 0 aliphatic rings. The number of rotatable bonds is 13. The number of carbonyl (C=O) groups excluding carboxylic acids is 2. The fraction of sp³-hybridized carbons (Fsp3) is 0.652. The summed E-state index contributed by atoms with van der Waals surface area (Å²) in [5, 5.41) is 1.38. The molecule has 0 aliphatic carbocycles. The van der Waals surface area contributed by atoms with E-state index in [4.69, 9.17) is 15.2 Å². The van der Waals surface area contributed by atoms with E-state index in [9.17, 15) is 9.59 Å². The third-order valence-electron chi connectivity index (χ3n) is 5.46. The van der Waals surface area contributed by atoms with Gasteiger partial charge in [-0.1, -0.05) is 74.8 Å². The number of ether oxygens (including phenoxy) is 2. The Morgan fingerprint density at radius 3 is 1.97 bits per heavy atom. The van der Waals surface area contributed by atoms with E-state index in [0.29, 0.717) is 6.42 Å². The Morgan fingerprint density at radius 1 is 0.931 bits per heavy atom. The zero-order valence-corrected chi connectivity index (χ0v) is 19.9. The van der Waals surface area contributed by atoms with E-state index < -0.39 is 25.6 Å². The van der Waals surface area contributed by atoms with Gasteiger partial charge in [-0.05, 0) is 38.7 Å². The maximum Gasteiger partial charge on any atom is 0.337 e. The van der Waals surface area contributed by atoms with E-state index in [2.05, 4.69) is 44.3 Å². The van der Waals surface area contributed by atoms with Crippen LogP contribution in [0.5, 0.6) is 0 Å². The lowest BCUT2D eigenvalue weighted by atomic mass is 9.95. The van der Waals surface area contributed by atoms with Crippen LogP contribution in [0, 0.1) is 0 Å². The van der Waals surface area contributed by atoms with E-state index in [1.807, 2.05) is 0 Å². The number of esters is 2. The SMILES string of the molecule is CCCCCc1ccc([Si](C)(C)CCCC(N)(C(=O)OCC)C(=O)OCC)cc1. The van der Waals surface area contributed by atoms with Crippen molar-refractivity contribution in [2.24, 2.45) is 5.73 Å². The molecule has 0 radical (unpaired) electrons. The van der Waals surface area contributed by atoms with Crippen molar-refractivity contribution >= 4 is 25.2 Å². The lowest BCUT2D eigenvalue weighted by Crippen LogP contribution is -2.57. The van der Waals surface area contributed by atoms with E-state index in [-0.39, 0.29) is 19.6 Å². The molecule has 0 unspecified atom stereocenters. The molecule has 0 heterocycles. The van der Waals surface area contributed by atoms with Gasteiger partial charge in [-0.3, -0.25) is 0 Å². The smallest absolute Gasteiger partial charge is 0.337 e. The lowest BCUT2D eigenvalue weighted by Gasteiger charge is -2.28. The Morgan fingerprint density at radius 2 is 1.48 bits per heavy atom. The van der Waals surface area contributed by atoms with Crippen LogP contribution in [0.1, 0.15) is 58.4 Å². The normalized spacial score (nSPS) is 11.9. The maximum atomic E-state index is 12.3. The van der Waals surface area contributed by atoms with E-state index in [1.54, 1.807) is 13.8 Å². The second kappa shape index (κ2) is 12.1. The predicted molar refractivity (Wildman–Crippen MR) is 121 cm³/mol. The lowest BCUT2D eigenvalue weighted by molar-refractivity contribution is -0.164. The number of benzene rings is 1. The van der Waals surface area contributed by atoms with Crippen LogP contribution in [0.25, 0.3) is 0 Å². The van der Waals surface area contributed by atoms with Crippen molar-refractivity contribution in [1.29, 1.82) is 0 Å². The zero-order chi connectivity index (χ0) is 21.9.